The molecule has 332 valence electrons. The van der Waals surface area contributed by atoms with Crippen LogP contribution in [0.15, 0.2) is 109 Å². The lowest BCUT2D eigenvalue weighted by Crippen LogP contribution is -2.30. The minimum absolute atomic E-state index is 0.115. The van der Waals surface area contributed by atoms with Crippen LogP contribution in [0.2, 0.25) is 0 Å². The van der Waals surface area contributed by atoms with Crippen LogP contribution in [-0.2, 0) is 28.6 Å². The second kappa shape index (κ2) is 46.8. The van der Waals surface area contributed by atoms with E-state index in [2.05, 4.69) is 69.4 Å². The Morgan fingerprint density at radius 3 is 1.22 bits per heavy atom. The number of allylic oxidation sites excluding steroid dienone is 18. The molecule has 59 heavy (non-hydrogen) atoms. The Morgan fingerprint density at radius 2 is 0.695 bits per heavy atom. The Bertz CT molecular complexity index is 1260. The highest BCUT2D eigenvalue weighted by molar-refractivity contribution is 5.71. The van der Waals surface area contributed by atoms with Gasteiger partial charge in [0.2, 0.25) is 0 Å². The predicted molar refractivity (Wildman–Crippen MR) is 251 cm³/mol. The lowest BCUT2D eigenvalue weighted by molar-refractivity contribution is -0.167. The third kappa shape index (κ3) is 45.0. The maximum atomic E-state index is 12.7. The highest BCUT2D eigenvalue weighted by Gasteiger charge is 2.19. The number of unbranched alkanes of at least 4 members (excludes halogenated alkanes) is 17. The molecule has 0 rings (SSSR count). The van der Waals surface area contributed by atoms with Gasteiger partial charge in [-0.2, -0.15) is 0 Å². The Balaban J connectivity index is 4.52. The summed E-state index contributed by atoms with van der Waals surface area (Å²) in [7, 11) is 0. The van der Waals surface area contributed by atoms with Crippen molar-refractivity contribution in [3.63, 3.8) is 0 Å². The van der Waals surface area contributed by atoms with Crippen LogP contribution in [0.1, 0.15) is 188 Å². The van der Waals surface area contributed by atoms with Gasteiger partial charge < -0.3 is 14.2 Å². The molecule has 0 heterocycles. The molecule has 0 aliphatic rings. The number of hydrogen-bond donors (Lipinski definition) is 0. The van der Waals surface area contributed by atoms with E-state index in [9.17, 15) is 14.4 Å². The van der Waals surface area contributed by atoms with Crippen molar-refractivity contribution in [1.29, 1.82) is 0 Å². The van der Waals surface area contributed by atoms with Crippen LogP contribution in [0, 0.1) is 0 Å². The van der Waals surface area contributed by atoms with Crippen LogP contribution in [-0.4, -0.2) is 37.2 Å². The van der Waals surface area contributed by atoms with Crippen molar-refractivity contribution in [1.82, 2.24) is 0 Å². The molecule has 0 aromatic carbocycles. The average Bonchev–Trinajstić information content (AvgIpc) is 3.23. The van der Waals surface area contributed by atoms with Crippen molar-refractivity contribution in [2.75, 3.05) is 13.2 Å². The summed E-state index contributed by atoms with van der Waals surface area (Å²) in [6.45, 7) is 6.32. The zero-order valence-electron chi connectivity index (χ0n) is 37.7. The maximum Gasteiger partial charge on any atom is 0.306 e. The molecule has 0 radical (unpaired) electrons. The first kappa shape index (κ1) is 55.1. The topological polar surface area (TPSA) is 78.9 Å². The largest absolute Gasteiger partial charge is 0.462 e. The van der Waals surface area contributed by atoms with Crippen LogP contribution in [0.25, 0.3) is 0 Å². The Morgan fingerprint density at radius 1 is 0.356 bits per heavy atom. The van der Waals surface area contributed by atoms with Gasteiger partial charge in [0.25, 0.3) is 0 Å². The summed E-state index contributed by atoms with van der Waals surface area (Å²) in [5, 5.41) is 0. The number of carbonyl (C=O) groups is 3. The summed E-state index contributed by atoms with van der Waals surface area (Å²) in [6, 6.07) is 0. The molecule has 6 heteroatoms. The molecule has 0 amide bonds. The quantitative estimate of drug-likeness (QED) is 0.0201. The number of ether oxygens (including phenoxy) is 3. The van der Waals surface area contributed by atoms with E-state index in [0.717, 1.165) is 83.5 Å². The standard InChI is InChI=1S/C53H84O6/c1-4-7-10-13-16-19-21-23-25-26-28-29-31-34-37-40-43-46-52(55)58-49-50(48-57-51(54)45-42-39-36-33-18-15-12-9-6-3)59-53(56)47-44-41-38-35-32-30-27-24-22-20-17-14-11-8-5-2/h7,10,13,16-17,19-26,28-29,31,33,36,50H,4-6,8-9,11-12,14-15,18,27,30,32,34-35,37-49H2,1-3H3/b10-7-,16-13-,20-17-,21-19-,24-22-,25-23-,28-26+,31-29-,36-33-. The van der Waals surface area contributed by atoms with Gasteiger partial charge in [-0.25, -0.2) is 0 Å². The van der Waals surface area contributed by atoms with Crippen molar-refractivity contribution in [3.05, 3.63) is 109 Å². The minimum Gasteiger partial charge on any atom is -0.462 e. The molecule has 0 saturated heterocycles. The smallest absolute Gasteiger partial charge is 0.306 e. The lowest BCUT2D eigenvalue weighted by atomic mass is 10.1. The average molecular weight is 817 g/mol. The van der Waals surface area contributed by atoms with Crippen LogP contribution >= 0.6 is 0 Å². The molecule has 0 fully saturated rings. The first-order chi connectivity index (χ1) is 29.0. The number of hydrogen-bond acceptors (Lipinski definition) is 6. The van der Waals surface area contributed by atoms with Crippen LogP contribution in [0.5, 0.6) is 0 Å². The maximum absolute atomic E-state index is 12.7. The minimum atomic E-state index is -0.813. The van der Waals surface area contributed by atoms with Gasteiger partial charge in [-0.05, 0) is 83.5 Å². The molecular formula is C53H84O6. The molecule has 6 nitrogen and oxygen atoms in total. The van der Waals surface area contributed by atoms with E-state index in [1.807, 2.05) is 60.8 Å². The molecule has 1 unspecified atom stereocenters. The van der Waals surface area contributed by atoms with E-state index < -0.39 is 6.10 Å². The molecule has 0 N–H and O–H groups in total. The Hall–Kier alpha value is -3.93. The van der Waals surface area contributed by atoms with Gasteiger partial charge >= 0.3 is 17.9 Å². The summed E-state index contributed by atoms with van der Waals surface area (Å²) < 4.78 is 16.6. The molecule has 0 aromatic rings. The van der Waals surface area contributed by atoms with Gasteiger partial charge in [0.05, 0.1) is 0 Å². The fourth-order valence-corrected chi connectivity index (χ4v) is 5.88. The normalized spacial score (nSPS) is 13.1. The van der Waals surface area contributed by atoms with Crippen LogP contribution in [0.4, 0.5) is 0 Å². The summed E-state index contributed by atoms with van der Waals surface area (Å²) in [5.41, 5.74) is 0. The summed E-state index contributed by atoms with van der Waals surface area (Å²) >= 11 is 0. The van der Waals surface area contributed by atoms with Crippen molar-refractivity contribution >= 4 is 17.9 Å². The zero-order valence-corrected chi connectivity index (χ0v) is 37.7. The summed E-state index contributed by atoms with van der Waals surface area (Å²) in [4.78, 5) is 37.7. The number of esters is 3. The van der Waals surface area contributed by atoms with Gasteiger partial charge in [-0.15, -0.1) is 0 Å². The van der Waals surface area contributed by atoms with Gasteiger partial charge in [-0.1, -0.05) is 194 Å². The van der Waals surface area contributed by atoms with Gasteiger partial charge in [0.1, 0.15) is 13.2 Å². The third-order valence-corrected chi connectivity index (χ3v) is 9.42. The van der Waals surface area contributed by atoms with E-state index in [-0.39, 0.29) is 31.1 Å². The number of rotatable bonds is 40. The Labute approximate surface area is 361 Å². The van der Waals surface area contributed by atoms with Crippen molar-refractivity contribution in [3.8, 4) is 0 Å². The van der Waals surface area contributed by atoms with Crippen molar-refractivity contribution in [2.45, 2.75) is 194 Å². The molecule has 0 aliphatic carbocycles. The van der Waals surface area contributed by atoms with E-state index in [4.69, 9.17) is 14.2 Å². The fourth-order valence-electron chi connectivity index (χ4n) is 5.88. The van der Waals surface area contributed by atoms with Gasteiger partial charge in [-0.3, -0.25) is 14.4 Å². The van der Waals surface area contributed by atoms with Gasteiger partial charge in [0.15, 0.2) is 6.10 Å². The fraction of sp³-hybridized carbons (Fsp3) is 0.604. The third-order valence-electron chi connectivity index (χ3n) is 9.42. The highest BCUT2D eigenvalue weighted by atomic mass is 16.6. The first-order valence-electron chi connectivity index (χ1n) is 23.5. The van der Waals surface area contributed by atoms with E-state index in [0.29, 0.717) is 25.7 Å². The molecule has 0 spiro atoms. The SMILES string of the molecule is CC\C=C/C=C\C=C/C=C\C=C\C=C/CCCCCC(=O)OCC(COC(=O)CCC/C=C\CCCCCC)OC(=O)CCCCCCCC/C=C\C=C/CCCCC. The van der Waals surface area contributed by atoms with E-state index in [1.165, 1.54) is 57.8 Å². The molecule has 1 atom stereocenters. The Kier molecular flexibility index (Phi) is 43.6. The summed E-state index contributed by atoms with van der Waals surface area (Å²) in [6.07, 6.45) is 62.1. The second-order valence-corrected chi connectivity index (χ2v) is 15.1. The van der Waals surface area contributed by atoms with Crippen molar-refractivity contribution in [2.24, 2.45) is 0 Å². The lowest BCUT2D eigenvalue weighted by Gasteiger charge is -2.18. The first-order valence-corrected chi connectivity index (χ1v) is 23.5. The van der Waals surface area contributed by atoms with E-state index >= 15 is 0 Å². The van der Waals surface area contributed by atoms with Crippen LogP contribution in [0.3, 0.4) is 0 Å². The van der Waals surface area contributed by atoms with Gasteiger partial charge in [0, 0.05) is 19.3 Å². The van der Waals surface area contributed by atoms with Crippen molar-refractivity contribution < 1.29 is 28.6 Å². The predicted octanol–water partition coefficient (Wildman–Crippen LogP) is 15.2. The van der Waals surface area contributed by atoms with E-state index in [1.54, 1.807) is 0 Å². The monoisotopic (exact) mass is 817 g/mol. The highest BCUT2D eigenvalue weighted by Crippen LogP contribution is 2.12. The molecule has 0 aliphatic heterocycles. The zero-order chi connectivity index (χ0) is 43.0. The number of carbonyl (C=O) groups excluding carboxylic acids is 3. The summed E-state index contributed by atoms with van der Waals surface area (Å²) in [5.74, 6) is -1.01. The molecule has 0 bridgehead atoms. The molecular weight excluding hydrogens is 733 g/mol. The molecule has 0 saturated carbocycles. The van der Waals surface area contributed by atoms with Crippen LogP contribution < -0.4 is 0 Å². The molecule has 0 aromatic heterocycles. The second-order valence-electron chi connectivity index (χ2n) is 15.1.